The number of halogens is 1. The molecule has 0 spiro atoms. The Morgan fingerprint density at radius 1 is 1.38 bits per heavy atom. The minimum absolute atomic E-state index is 0.697. The number of aromatic nitrogens is 1. The van der Waals surface area contributed by atoms with Crippen molar-refractivity contribution >= 4 is 32.7 Å². The molecule has 7 heteroatoms. The van der Waals surface area contributed by atoms with Crippen LogP contribution in [0, 0.1) is 0 Å². The van der Waals surface area contributed by atoms with E-state index in [-0.39, 0.29) is 0 Å². The van der Waals surface area contributed by atoms with Gasteiger partial charge in [0.25, 0.3) is 0 Å². The number of nitrogens with zero attached hydrogens (tertiary/aromatic N) is 2. The minimum Gasteiger partial charge on any atom is -0.495 e. The third-order valence-electron chi connectivity index (χ3n) is 3.59. The SMILES string of the molecule is COc1ccc2c(NCCN3CCOCC3)noc2c1Br. The number of fused-ring (bicyclic) bond motifs is 1. The maximum atomic E-state index is 5.39. The van der Waals surface area contributed by atoms with Gasteiger partial charge < -0.3 is 19.3 Å². The fourth-order valence-corrected chi connectivity index (χ4v) is 2.98. The first-order valence-corrected chi connectivity index (χ1v) is 7.74. The van der Waals surface area contributed by atoms with E-state index in [1.165, 1.54) is 0 Å². The first kappa shape index (κ1) is 14.6. The molecule has 6 nitrogen and oxygen atoms in total. The van der Waals surface area contributed by atoms with E-state index in [0.29, 0.717) is 5.58 Å². The molecule has 0 saturated carbocycles. The summed E-state index contributed by atoms with van der Waals surface area (Å²) >= 11 is 3.48. The van der Waals surface area contributed by atoms with Crippen molar-refractivity contribution in [3.8, 4) is 5.75 Å². The lowest BCUT2D eigenvalue weighted by atomic mass is 10.2. The van der Waals surface area contributed by atoms with Crippen LogP contribution in [0.25, 0.3) is 11.0 Å². The Balaban J connectivity index is 1.65. The van der Waals surface area contributed by atoms with Crippen molar-refractivity contribution < 1.29 is 14.0 Å². The summed E-state index contributed by atoms with van der Waals surface area (Å²) in [5, 5.41) is 8.38. The summed E-state index contributed by atoms with van der Waals surface area (Å²) in [5.74, 6) is 1.50. The van der Waals surface area contributed by atoms with Crippen molar-refractivity contribution in [1.29, 1.82) is 0 Å². The second-order valence-electron chi connectivity index (χ2n) is 4.87. The van der Waals surface area contributed by atoms with Crippen LogP contribution in [-0.4, -0.2) is 56.6 Å². The highest BCUT2D eigenvalue weighted by Crippen LogP contribution is 2.35. The zero-order chi connectivity index (χ0) is 14.7. The standard InChI is InChI=1S/C14H18BrN3O3/c1-19-11-3-2-10-13(12(11)15)21-17-14(10)16-4-5-18-6-8-20-9-7-18/h2-3H,4-9H2,1H3,(H,16,17). The number of morpholine rings is 1. The van der Waals surface area contributed by atoms with Gasteiger partial charge in [-0.3, -0.25) is 4.90 Å². The van der Waals surface area contributed by atoms with Gasteiger partial charge in [0.2, 0.25) is 0 Å². The van der Waals surface area contributed by atoms with Crippen molar-refractivity contribution in [3.05, 3.63) is 16.6 Å². The minimum atomic E-state index is 0.697. The topological polar surface area (TPSA) is 59.8 Å². The molecular formula is C14H18BrN3O3. The number of hydrogen-bond acceptors (Lipinski definition) is 6. The van der Waals surface area contributed by atoms with Gasteiger partial charge in [-0.15, -0.1) is 0 Å². The molecule has 0 atom stereocenters. The van der Waals surface area contributed by atoms with Gasteiger partial charge in [-0.2, -0.15) is 0 Å². The molecule has 3 rings (SSSR count). The number of methoxy groups -OCH3 is 1. The number of benzene rings is 1. The molecule has 0 bridgehead atoms. The molecule has 2 aromatic rings. The van der Waals surface area contributed by atoms with Crippen LogP contribution in [-0.2, 0) is 4.74 Å². The first-order valence-electron chi connectivity index (χ1n) is 6.95. The summed E-state index contributed by atoms with van der Waals surface area (Å²) in [6, 6.07) is 3.85. The lowest BCUT2D eigenvalue weighted by Gasteiger charge is -2.26. The smallest absolute Gasteiger partial charge is 0.187 e. The van der Waals surface area contributed by atoms with Gasteiger partial charge >= 0.3 is 0 Å². The van der Waals surface area contributed by atoms with Crippen LogP contribution in [0.5, 0.6) is 5.75 Å². The molecular weight excluding hydrogens is 338 g/mol. The summed E-state index contributed by atoms with van der Waals surface area (Å²) in [6.45, 7) is 5.41. The van der Waals surface area contributed by atoms with Gasteiger partial charge in [0, 0.05) is 26.2 Å². The van der Waals surface area contributed by atoms with Gasteiger partial charge in [-0.25, -0.2) is 0 Å². The lowest BCUT2D eigenvalue weighted by molar-refractivity contribution is 0.0398. The molecule has 1 N–H and O–H groups in total. The Labute approximate surface area is 131 Å². The Morgan fingerprint density at radius 3 is 2.95 bits per heavy atom. The molecule has 1 saturated heterocycles. The van der Waals surface area contributed by atoms with Crippen molar-refractivity contribution in [2.75, 3.05) is 51.8 Å². The average Bonchev–Trinajstić information content (AvgIpc) is 2.93. The van der Waals surface area contributed by atoms with E-state index in [2.05, 4.69) is 31.3 Å². The first-order chi connectivity index (χ1) is 10.3. The number of ether oxygens (including phenoxy) is 2. The highest BCUT2D eigenvalue weighted by molar-refractivity contribution is 9.10. The number of rotatable bonds is 5. The molecule has 0 aliphatic carbocycles. The Morgan fingerprint density at radius 2 is 2.19 bits per heavy atom. The number of anilines is 1. The van der Waals surface area contributed by atoms with Gasteiger partial charge in [0.15, 0.2) is 11.4 Å². The van der Waals surface area contributed by atoms with Crippen molar-refractivity contribution in [2.45, 2.75) is 0 Å². The molecule has 0 amide bonds. The zero-order valence-corrected chi connectivity index (χ0v) is 13.5. The van der Waals surface area contributed by atoms with E-state index in [0.717, 1.165) is 60.8 Å². The summed E-state index contributed by atoms with van der Waals surface area (Å²) in [4.78, 5) is 2.37. The molecule has 0 radical (unpaired) electrons. The Kier molecular flexibility index (Phi) is 4.62. The molecule has 21 heavy (non-hydrogen) atoms. The van der Waals surface area contributed by atoms with Crippen LogP contribution >= 0.6 is 15.9 Å². The average molecular weight is 356 g/mol. The summed E-state index contributed by atoms with van der Waals surface area (Å²) in [7, 11) is 1.63. The molecule has 1 aromatic heterocycles. The monoisotopic (exact) mass is 355 g/mol. The normalized spacial score (nSPS) is 16.3. The molecule has 2 heterocycles. The third-order valence-corrected chi connectivity index (χ3v) is 4.34. The predicted molar refractivity (Wildman–Crippen MR) is 84.0 cm³/mol. The van der Waals surface area contributed by atoms with Crippen LogP contribution in [0.2, 0.25) is 0 Å². The van der Waals surface area contributed by atoms with Crippen LogP contribution in [0.15, 0.2) is 21.1 Å². The zero-order valence-electron chi connectivity index (χ0n) is 11.9. The van der Waals surface area contributed by atoms with E-state index in [9.17, 15) is 0 Å². The van der Waals surface area contributed by atoms with Crippen molar-refractivity contribution in [3.63, 3.8) is 0 Å². The Hall–Kier alpha value is -1.31. The van der Waals surface area contributed by atoms with Gasteiger partial charge in [0.05, 0.1) is 25.7 Å². The lowest BCUT2D eigenvalue weighted by Crippen LogP contribution is -2.39. The second-order valence-corrected chi connectivity index (χ2v) is 5.66. The molecule has 1 fully saturated rings. The predicted octanol–water partition coefficient (Wildman–Crippen LogP) is 2.34. The maximum Gasteiger partial charge on any atom is 0.187 e. The fraction of sp³-hybridized carbons (Fsp3) is 0.500. The van der Waals surface area contributed by atoms with Crippen molar-refractivity contribution in [2.24, 2.45) is 0 Å². The van der Waals surface area contributed by atoms with Gasteiger partial charge in [-0.05, 0) is 28.1 Å². The Bertz CT molecular complexity index is 611. The molecule has 1 aliphatic heterocycles. The van der Waals surface area contributed by atoms with E-state index >= 15 is 0 Å². The number of nitrogens with one attached hydrogen (secondary N) is 1. The van der Waals surface area contributed by atoms with Crippen LogP contribution < -0.4 is 10.1 Å². The summed E-state index contributed by atoms with van der Waals surface area (Å²) < 4.78 is 16.8. The van der Waals surface area contributed by atoms with E-state index < -0.39 is 0 Å². The molecule has 1 aromatic carbocycles. The highest BCUT2D eigenvalue weighted by Gasteiger charge is 2.15. The summed E-state index contributed by atoms with van der Waals surface area (Å²) in [6.07, 6.45) is 0. The molecule has 1 aliphatic rings. The van der Waals surface area contributed by atoms with Crippen LogP contribution in [0.3, 0.4) is 0 Å². The number of hydrogen-bond donors (Lipinski definition) is 1. The molecule has 0 unspecified atom stereocenters. The quantitative estimate of drug-likeness (QED) is 0.888. The summed E-state index contributed by atoms with van der Waals surface area (Å²) in [5.41, 5.74) is 0.697. The van der Waals surface area contributed by atoms with Crippen molar-refractivity contribution in [1.82, 2.24) is 10.1 Å². The van der Waals surface area contributed by atoms with E-state index in [1.54, 1.807) is 7.11 Å². The third kappa shape index (κ3) is 3.14. The maximum absolute atomic E-state index is 5.39. The fourth-order valence-electron chi connectivity index (χ4n) is 2.40. The van der Waals surface area contributed by atoms with Gasteiger partial charge in [-0.1, -0.05) is 5.16 Å². The second kappa shape index (κ2) is 6.64. The largest absolute Gasteiger partial charge is 0.495 e. The van der Waals surface area contributed by atoms with Crippen LogP contribution in [0.1, 0.15) is 0 Å². The highest BCUT2D eigenvalue weighted by atomic mass is 79.9. The van der Waals surface area contributed by atoms with Gasteiger partial charge in [0.1, 0.15) is 10.2 Å². The van der Waals surface area contributed by atoms with E-state index in [4.69, 9.17) is 14.0 Å². The van der Waals surface area contributed by atoms with Crippen LogP contribution in [0.4, 0.5) is 5.82 Å². The van der Waals surface area contributed by atoms with E-state index in [1.807, 2.05) is 12.1 Å². The molecule has 114 valence electrons.